The van der Waals surface area contributed by atoms with Gasteiger partial charge in [0.2, 0.25) is 17.7 Å². The number of benzene rings is 2. The number of rotatable bonds is 6. The molecule has 2 heterocycles. The lowest BCUT2D eigenvalue weighted by Crippen LogP contribution is -2.47. The molecule has 4 rings (SSSR count). The average Bonchev–Trinajstić information content (AvgIpc) is 3.03. The van der Waals surface area contributed by atoms with Crippen LogP contribution in [-0.4, -0.2) is 53.8 Å². The van der Waals surface area contributed by atoms with E-state index in [0.29, 0.717) is 30.3 Å². The Morgan fingerprint density at radius 2 is 1.84 bits per heavy atom. The number of nitrogens with zero attached hydrogens (tertiary/aromatic N) is 2. The van der Waals surface area contributed by atoms with E-state index in [4.69, 9.17) is 16.3 Å². The number of piperidine rings is 1. The van der Waals surface area contributed by atoms with Gasteiger partial charge in [-0.15, -0.1) is 0 Å². The predicted octanol–water partition coefficient (Wildman–Crippen LogP) is 3.56. The molecule has 0 radical (unpaired) electrons. The number of carbonyl (C=O) groups is 3. The van der Waals surface area contributed by atoms with Crippen molar-refractivity contribution in [1.82, 2.24) is 9.80 Å². The van der Waals surface area contributed by atoms with Crippen LogP contribution in [0.2, 0.25) is 5.02 Å². The average molecular weight is 455 g/mol. The van der Waals surface area contributed by atoms with E-state index in [2.05, 4.69) is 0 Å². The second-order valence-electron chi connectivity index (χ2n) is 8.57. The van der Waals surface area contributed by atoms with Gasteiger partial charge in [-0.05, 0) is 30.0 Å². The Balaban J connectivity index is 1.49. The zero-order chi connectivity index (χ0) is 22.7. The van der Waals surface area contributed by atoms with Crippen LogP contribution < -0.4 is 0 Å². The maximum Gasteiger partial charge on any atom is 0.240 e. The summed E-state index contributed by atoms with van der Waals surface area (Å²) in [6.07, 6.45) is 1.51. The fraction of sp³-hybridized carbons (Fsp3) is 0.400. The van der Waals surface area contributed by atoms with Gasteiger partial charge in [-0.2, -0.15) is 0 Å². The van der Waals surface area contributed by atoms with Crippen LogP contribution in [0, 0.1) is 0 Å². The largest absolute Gasteiger partial charge is 0.372 e. The summed E-state index contributed by atoms with van der Waals surface area (Å²) in [6, 6.07) is 16.9. The van der Waals surface area contributed by atoms with Crippen LogP contribution >= 0.6 is 11.6 Å². The van der Waals surface area contributed by atoms with Gasteiger partial charge in [0.15, 0.2) is 0 Å². The predicted molar refractivity (Wildman–Crippen MR) is 121 cm³/mol. The monoisotopic (exact) mass is 454 g/mol. The highest BCUT2D eigenvalue weighted by Gasteiger charge is 2.53. The molecule has 0 aliphatic carbocycles. The van der Waals surface area contributed by atoms with Crippen LogP contribution in [0.1, 0.15) is 36.8 Å². The first-order chi connectivity index (χ1) is 15.4. The number of likely N-dealkylation sites (N-methyl/N-ethyl adjacent to an activating group) is 1. The number of carbonyl (C=O) groups excluding carboxylic acids is 3. The molecular weight excluding hydrogens is 428 g/mol. The molecule has 3 amide bonds. The lowest BCUT2D eigenvalue weighted by molar-refractivity contribution is -0.143. The molecule has 2 aliphatic rings. The molecular formula is C25H27ClN2O4. The lowest BCUT2D eigenvalue weighted by Gasteiger charge is -2.35. The van der Waals surface area contributed by atoms with Crippen LogP contribution in [0.25, 0.3) is 0 Å². The summed E-state index contributed by atoms with van der Waals surface area (Å²) in [6.45, 7) is 1.58. The Labute approximate surface area is 193 Å². The van der Waals surface area contributed by atoms with Crippen LogP contribution in [-0.2, 0) is 31.1 Å². The van der Waals surface area contributed by atoms with Crippen LogP contribution in [0.4, 0.5) is 0 Å². The third-order valence-electron chi connectivity index (χ3n) is 6.44. The summed E-state index contributed by atoms with van der Waals surface area (Å²) < 4.78 is 6.06. The molecule has 2 aliphatic heterocycles. The normalized spacial score (nSPS) is 23.6. The summed E-state index contributed by atoms with van der Waals surface area (Å²) in [5.74, 6) is -0.836. The van der Waals surface area contributed by atoms with Crippen LogP contribution in [0.15, 0.2) is 54.6 Å². The van der Waals surface area contributed by atoms with Crippen molar-refractivity contribution >= 4 is 29.3 Å². The van der Waals surface area contributed by atoms with E-state index < -0.39 is 5.41 Å². The zero-order valence-corrected chi connectivity index (χ0v) is 18.9. The molecule has 0 N–H and O–H groups in total. The summed E-state index contributed by atoms with van der Waals surface area (Å²) >= 11 is 6.42. The van der Waals surface area contributed by atoms with Gasteiger partial charge in [-0.3, -0.25) is 19.3 Å². The Morgan fingerprint density at radius 1 is 1.12 bits per heavy atom. The van der Waals surface area contributed by atoms with Crippen molar-refractivity contribution in [2.75, 3.05) is 20.1 Å². The number of hydrogen-bond acceptors (Lipinski definition) is 4. The van der Waals surface area contributed by atoms with E-state index >= 15 is 0 Å². The minimum atomic E-state index is -1.26. The Kier molecular flexibility index (Phi) is 6.63. The van der Waals surface area contributed by atoms with Gasteiger partial charge in [-0.1, -0.05) is 60.1 Å². The molecule has 2 aromatic carbocycles. The van der Waals surface area contributed by atoms with E-state index in [1.54, 1.807) is 29.2 Å². The van der Waals surface area contributed by atoms with Gasteiger partial charge in [0, 0.05) is 38.0 Å². The minimum absolute atomic E-state index is 0.0560. The van der Waals surface area contributed by atoms with E-state index in [-0.39, 0.29) is 36.7 Å². The highest BCUT2D eigenvalue weighted by Crippen LogP contribution is 2.42. The molecule has 168 valence electrons. The standard InChI is InChI=1S/C25H27ClN2O4/c1-27-22(29)14-25(24(27)31,20-11-5-6-12-21(20)26)15-23(30)28-13-7-10-19(16-28)32-17-18-8-3-2-4-9-18/h2-6,8-9,11-12,19H,7,10,13-17H2,1H3/t19-,25+/m1/s1. The highest BCUT2D eigenvalue weighted by atomic mass is 35.5. The fourth-order valence-corrected chi connectivity index (χ4v) is 4.96. The van der Waals surface area contributed by atoms with Crippen LogP contribution in [0.5, 0.6) is 0 Å². The molecule has 0 bridgehead atoms. The maximum absolute atomic E-state index is 13.4. The van der Waals surface area contributed by atoms with Gasteiger partial charge in [0.25, 0.3) is 0 Å². The molecule has 0 spiro atoms. The Hall–Kier alpha value is -2.70. The molecule has 7 heteroatoms. The molecule has 32 heavy (non-hydrogen) atoms. The van der Waals surface area contributed by atoms with E-state index in [1.807, 2.05) is 30.3 Å². The molecule has 2 aromatic rings. The van der Waals surface area contributed by atoms with Crippen molar-refractivity contribution < 1.29 is 19.1 Å². The third-order valence-corrected chi connectivity index (χ3v) is 6.77. The maximum atomic E-state index is 13.4. The number of hydrogen-bond donors (Lipinski definition) is 0. The van der Waals surface area contributed by atoms with E-state index in [1.165, 1.54) is 7.05 Å². The molecule has 0 unspecified atom stereocenters. The first kappa shape index (κ1) is 22.5. The fourth-order valence-electron chi connectivity index (χ4n) is 4.64. The number of amides is 3. The number of ether oxygens (including phenoxy) is 1. The van der Waals surface area contributed by atoms with E-state index in [0.717, 1.165) is 23.3 Å². The number of likely N-dealkylation sites (tertiary alicyclic amines) is 2. The summed E-state index contributed by atoms with van der Waals surface area (Å²) in [4.78, 5) is 41.9. The Bertz CT molecular complexity index is 1010. The topological polar surface area (TPSA) is 66.9 Å². The first-order valence-corrected chi connectivity index (χ1v) is 11.3. The van der Waals surface area contributed by atoms with Crippen LogP contribution in [0.3, 0.4) is 0 Å². The zero-order valence-electron chi connectivity index (χ0n) is 18.1. The smallest absolute Gasteiger partial charge is 0.240 e. The minimum Gasteiger partial charge on any atom is -0.372 e. The first-order valence-electron chi connectivity index (χ1n) is 10.9. The van der Waals surface area contributed by atoms with E-state index in [9.17, 15) is 14.4 Å². The van der Waals surface area contributed by atoms with Gasteiger partial charge >= 0.3 is 0 Å². The summed E-state index contributed by atoms with van der Waals surface area (Å²) in [5, 5.41) is 0.388. The van der Waals surface area contributed by atoms with Crippen molar-refractivity contribution in [1.29, 1.82) is 0 Å². The van der Waals surface area contributed by atoms with Crippen molar-refractivity contribution in [3.05, 3.63) is 70.7 Å². The highest BCUT2D eigenvalue weighted by molar-refractivity contribution is 6.32. The quantitative estimate of drug-likeness (QED) is 0.626. The second kappa shape index (κ2) is 9.43. The van der Waals surface area contributed by atoms with Crippen molar-refractivity contribution in [3.8, 4) is 0 Å². The number of halogens is 1. The van der Waals surface area contributed by atoms with Gasteiger partial charge < -0.3 is 9.64 Å². The lowest BCUT2D eigenvalue weighted by atomic mass is 9.75. The third kappa shape index (κ3) is 4.43. The second-order valence-corrected chi connectivity index (χ2v) is 8.98. The van der Waals surface area contributed by atoms with Gasteiger partial charge in [-0.25, -0.2) is 0 Å². The SMILES string of the molecule is CN1C(=O)C[C@](CC(=O)N2CCC[C@@H](OCc3ccccc3)C2)(c2ccccc2Cl)C1=O. The van der Waals surface area contributed by atoms with Crippen molar-refractivity contribution in [2.45, 2.75) is 43.8 Å². The van der Waals surface area contributed by atoms with Gasteiger partial charge in [0.05, 0.1) is 18.1 Å². The van der Waals surface area contributed by atoms with Crippen molar-refractivity contribution in [3.63, 3.8) is 0 Å². The molecule has 0 saturated carbocycles. The number of imide groups is 1. The van der Waals surface area contributed by atoms with Gasteiger partial charge in [0.1, 0.15) is 0 Å². The molecule has 2 saturated heterocycles. The molecule has 2 atom stereocenters. The Morgan fingerprint density at radius 3 is 2.53 bits per heavy atom. The molecule has 0 aromatic heterocycles. The molecule has 6 nitrogen and oxygen atoms in total. The van der Waals surface area contributed by atoms with Crippen molar-refractivity contribution in [2.24, 2.45) is 0 Å². The summed E-state index contributed by atoms with van der Waals surface area (Å²) in [5.41, 5.74) is 0.359. The molecule has 2 fully saturated rings. The summed E-state index contributed by atoms with van der Waals surface area (Å²) in [7, 11) is 1.46.